The number of hydrogen-bond donors (Lipinski definition) is 0. The van der Waals surface area contributed by atoms with Crippen molar-refractivity contribution >= 4 is 0 Å². The predicted octanol–water partition coefficient (Wildman–Crippen LogP) is 0.844. The third kappa shape index (κ3) is 1.16. The van der Waals surface area contributed by atoms with Crippen LogP contribution in [0.15, 0.2) is 12.4 Å². The van der Waals surface area contributed by atoms with E-state index in [0.717, 1.165) is 19.4 Å². The Labute approximate surface area is 66.0 Å². The zero-order valence-electron chi connectivity index (χ0n) is 6.66. The third-order valence-corrected chi connectivity index (χ3v) is 2.23. The molecule has 2 heterocycles. The van der Waals surface area contributed by atoms with Crippen LogP contribution in [-0.2, 0) is 17.7 Å². The van der Waals surface area contributed by atoms with Gasteiger partial charge in [0.1, 0.15) is 5.82 Å². The largest absolute Gasteiger partial charge is 0.380 e. The second-order valence-corrected chi connectivity index (χ2v) is 2.89. The molecular formula is C8H12N2O. The molecule has 1 aromatic heterocycles. The summed E-state index contributed by atoms with van der Waals surface area (Å²) in [5.41, 5.74) is 0. The van der Waals surface area contributed by atoms with E-state index < -0.39 is 0 Å². The Morgan fingerprint density at radius 2 is 2.64 bits per heavy atom. The van der Waals surface area contributed by atoms with Gasteiger partial charge in [-0.05, 0) is 6.42 Å². The van der Waals surface area contributed by atoms with Gasteiger partial charge in [0.15, 0.2) is 0 Å². The molecule has 1 aromatic rings. The smallest absolute Gasteiger partial charge is 0.108 e. The van der Waals surface area contributed by atoms with Crippen LogP contribution in [0.25, 0.3) is 0 Å². The first kappa shape index (κ1) is 6.85. The van der Waals surface area contributed by atoms with Gasteiger partial charge < -0.3 is 9.30 Å². The average Bonchev–Trinajstić information content (AvgIpc) is 2.50. The first-order valence-corrected chi connectivity index (χ1v) is 3.93. The van der Waals surface area contributed by atoms with E-state index in [2.05, 4.69) is 9.55 Å². The van der Waals surface area contributed by atoms with E-state index in [-0.39, 0.29) is 0 Å². The number of fused-ring (bicyclic) bond motifs is 1. The van der Waals surface area contributed by atoms with Crippen LogP contribution < -0.4 is 0 Å². The maximum Gasteiger partial charge on any atom is 0.108 e. The van der Waals surface area contributed by atoms with Crippen LogP contribution in [-0.4, -0.2) is 22.8 Å². The summed E-state index contributed by atoms with van der Waals surface area (Å²) in [6.45, 7) is 0.964. The van der Waals surface area contributed by atoms with Gasteiger partial charge in [-0.1, -0.05) is 0 Å². The molecule has 0 N–H and O–H groups in total. The first-order chi connectivity index (χ1) is 5.40. The van der Waals surface area contributed by atoms with Crippen molar-refractivity contribution in [3.05, 3.63) is 18.2 Å². The fraction of sp³-hybridized carbons (Fsp3) is 0.625. The van der Waals surface area contributed by atoms with Crippen LogP contribution in [0.2, 0.25) is 0 Å². The molecule has 3 heteroatoms. The van der Waals surface area contributed by atoms with Crippen molar-refractivity contribution in [2.45, 2.75) is 25.5 Å². The summed E-state index contributed by atoms with van der Waals surface area (Å²) in [6, 6.07) is 0. The van der Waals surface area contributed by atoms with E-state index >= 15 is 0 Å². The number of nitrogens with zero attached hydrogens (tertiary/aromatic N) is 2. The minimum atomic E-state index is 0.386. The summed E-state index contributed by atoms with van der Waals surface area (Å²) in [5, 5.41) is 0. The maximum atomic E-state index is 5.27. The van der Waals surface area contributed by atoms with Gasteiger partial charge in [-0.3, -0.25) is 0 Å². The molecule has 0 saturated carbocycles. The van der Waals surface area contributed by atoms with E-state index in [1.54, 1.807) is 7.11 Å². The van der Waals surface area contributed by atoms with Crippen molar-refractivity contribution in [3.63, 3.8) is 0 Å². The highest BCUT2D eigenvalue weighted by atomic mass is 16.5. The summed E-state index contributed by atoms with van der Waals surface area (Å²) in [7, 11) is 1.77. The molecule has 0 radical (unpaired) electrons. The van der Waals surface area contributed by atoms with Crippen LogP contribution in [0.4, 0.5) is 0 Å². The molecule has 0 saturated heterocycles. The summed E-state index contributed by atoms with van der Waals surface area (Å²) < 4.78 is 7.43. The van der Waals surface area contributed by atoms with Crippen LogP contribution in [0.3, 0.4) is 0 Å². The third-order valence-electron chi connectivity index (χ3n) is 2.23. The van der Waals surface area contributed by atoms with Crippen molar-refractivity contribution in [1.29, 1.82) is 0 Å². The lowest BCUT2D eigenvalue weighted by molar-refractivity contribution is 0.0706. The second-order valence-electron chi connectivity index (χ2n) is 2.89. The molecule has 0 amide bonds. The van der Waals surface area contributed by atoms with E-state index in [4.69, 9.17) is 4.74 Å². The van der Waals surface area contributed by atoms with Gasteiger partial charge in [-0.25, -0.2) is 4.98 Å². The molecule has 3 nitrogen and oxygen atoms in total. The average molecular weight is 152 g/mol. The van der Waals surface area contributed by atoms with Crippen molar-refractivity contribution in [2.24, 2.45) is 0 Å². The monoisotopic (exact) mass is 152 g/mol. The molecule has 1 aliphatic rings. The molecule has 0 fully saturated rings. The first-order valence-electron chi connectivity index (χ1n) is 3.93. The fourth-order valence-electron chi connectivity index (χ4n) is 1.53. The zero-order chi connectivity index (χ0) is 7.68. The van der Waals surface area contributed by atoms with Gasteiger partial charge in [0.2, 0.25) is 0 Å². The Bertz CT molecular complexity index is 244. The lowest BCUT2D eigenvalue weighted by Gasteiger charge is -2.21. The molecule has 60 valence electrons. The second kappa shape index (κ2) is 2.66. The minimum Gasteiger partial charge on any atom is -0.380 e. The molecule has 0 bridgehead atoms. The van der Waals surface area contributed by atoms with Gasteiger partial charge in [0, 0.05) is 25.9 Å². The molecule has 1 aliphatic heterocycles. The molecule has 2 rings (SSSR count). The van der Waals surface area contributed by atoms with Gasteiger partial charge in [0.25, 0.3) is 0 Å². The Morgan fingerprint density at radius 3 is 3.45 bits per heavy atom. The minimum absolute atomic E-state index is 0.386. The molecule has 1 unspecified atom stereocenters. The Kier molecular flexibility index (Phi) is 1.66. The number of aromatic nitrogens is 2. The van der Waals surface area contributed by atoms with E-state index in [0.29, 0.717) is 6.10 Å². The van der Waals surface area contributed by atoms with E-state index in [1.165, 1.54) is 5.82 Å². The van der Waals surface area contributed by atoms with Gasteiger partial charge in [-0.2, -0.15) is 0 Å². The molecule has 0 aliphatic carbocycles. The lowest BCUT2D eigenvalue weighted by Crippen LogP contribution is -2.25. The Balaban J connectivity index is 2.18. The number of rotatable bonds is 1. The van der Waals surface area contributed by atoms with Crippen LogP contribution in [0.5, 0.6) is 0 Å². The summed E-state index contributed by atoms with van der Waals surface area (Å²) >= 11 is 0. The van der Waals surface area contributed by atoms with Crippen LogP contribution in [0, 0.1) is 0 Å². The number of aryl methyl sites for hydroxylation is 1. The van der Waals surface area contributed by atoms with Gasteiger partial charge >= 0.3 is 0 Å². The number of hydrogen-bond acceptors (Lipinski definition) is 2. The summed E-state index contributed by atoms with van der Waals surface area (Å²) in [4.78, 5) is 4.23. The summed E-state index contributed by atoms with van der Waals surface area (Å²) in [6.07, 6.45) is 6.41. The standard InChI is InChI=1S/C8H12N2O/c1-11-7-2-3-8-9-4-5-10(8)6-7/h4-5,7H,2-3,6H2,1H3. The molecular weight excluding hydrogens is 140 g/mol. The SMILES string of the molecule is COC1CCc2nccn2C1. The lowest BCUT2D eigenvalue weighted by atomic mass is 10.1. The van der Waals surface area contributed by atoms with Gasteiger partial charge in [-0.15, -0.1) is 0 Å². The number of imidazole rings is 1. The molecule has 11 heavy (non-hydrogen) atoms. The topological polar surface area (TPSA) is 27.1 Å². The predicted molar refractivity (Wildman–Crippen MR) is 41.3 cm³/mol. The molecule has 0 spiro atoms. The number of ether oxygens (including phenoxy) is 1. The van der Waals surface area contributed by atoms with Gasteiger partial charge in [0.05, 0.1) is 12.6 Å². The Morgan fingerprint density at radius 1 is 1.73 bits per heavy atom. The van der Waals surface area contributed by atoms with Crippen molar-refractivity contribution in [2.75, 3.05) is 7.11 Å². The zero-order valence-corrected chi connectivity index (χ0v) is 6.66. The highest BCUT2D eigenvalue weighted by Crippen LogP contribution is 2.14. The molecule has 0 aromatic carbocycles. The van der Waals surface area contributed by atoms with E-state index in [1.807, 2.05) is 12.4 Å². The Hall–Kier alpha value is -0.830. The van der Waals surface area contributed by atoms with E-state index in [9.17, 15) is 0 Å². The summed E-state index contributed by atoms with van der Waals surface area (Å²) in [5.74, 6) is 1.19. The quantitative estimate of drug-likeness (QED) is 0.596. The maximum absolute atomic E-state index is 5.27. The van der Waals surface area contributed by atoms with Crippen molar-refractivity contribution < 1.29 is 4.74 Å². The highest BCUT2D eigenvalue weighted by molar-refractivity contribution is 4.96. The van der Waals surface area contributed by atoms with Crippen molar-refractivity contribution in [1.82, 2.24) is 9.55 Å². The van der Waals surface area contributed by atoms with Crippen LogP contribution in [0.1, 0.15) is 12.2 Å². The van der Waals surface area contributed by atoms with Crippen LogP contribution >= 0.6 is 0 Å². The normalized spacial score (nSPS) is 23.2. The highest BCUT2D eigenvalue weighted by Gasteiger charge is 2.17. The van der Waals surface area contributed by atoms with Crippen molar-refractivity contribution in [3.8, 4) is 0 Å². The fourth-order valence-corrected chi connectivity index (χ4v) is 1.53. The number of methoxy groups -OCH3 is 1. The molecule has 1 atom stereocenters.